The summed E-state index contributed by atoms with van der Waals surface area (Å²) in [5.74, 6) is 0.00538. The number of nitrogens with zero attached hydrogens (tertiary/aromatic N) is 2. The highest BCUT2D eigenvalue weighted by atomic mass is 16.3. The van der Waals surface area contributed by atoms with Gasteiger partial charge in [-0.15, -0.1) is 0 Å². The minimum absolute atomic E-state index is 0.00538. The van der Waals surface area contributed by atoms with Crippen LogP contribution >= 0.6 is 0 Å². The lowest BCUT2D eigenvalue weighted by Crippen LogP contribution is -2.25. The summed E-state index contributed by atoms with van der Waals surface area (Å²) < 4.78 is 0. The van der Waals surface area contributed by atoms with Crippen molar-refractivity contribution in [2.45, 2.75) is 26.0 Å². The molecule has 1 aliphatic heterocycles. The first-order valence-corrected chi connectivity index (χ1v) is 5.02. The van der Waals surface area contributed by atoms with Crippen LogP contribution in [0.15, 0.2) is 18.3 Å². The highest BCUT2D eigenvalue weighted by molar-refractivity contribution is 5.78. The summed E-state index contributed by atoms with van der Waals surface area (Å²) in [6, 6.07) is 3.88. The lowest BCUT2D eigenvalue weighted by atomic mass is 10.2. The molecule has 4 heteroatoms. The van der Waals surface area contributed by atoms with Gasteiger partial charge in [0.15, 0.2) is 0 Å². The number of likely N-dealkylation sites (tertiary alicyclic amines) is 1. The second kappa shape index (κ2) is 3.98. The first-order chi connectivity index (χ1) is 7.15. The molecule has 1 N–H and O–H groups in total. The Bertz CT molecular complexity index is 379. The fourth-order valence-corrected chi connectivity index (χ4v) is 1.78. The molecule has 1 aromatic heterocycles. The summed E-state index contributed by atoms with van der Waals surface area (Å²) in [6.07, 6.45) is 1.47. The van der Waals surface area contributed by atoms with Crippen LogP contribution in [-0.2, 0) is 11.3 Å². The summed E-state index contributed by atoms with van der Waals surface area (Å²) in [7, 11) is 0. The van der Waals surface area contributed by atoms with E-state index in [0.717, 1.165) is 11.3 Å². The molecule has 1 unspecified atom stereocenters. The number of β-amino-alcohol motifs (C(OH)–C–C–N with tert-alkyl or cyclic N) is 1. The number of hydrogen-bond acceptors (Lipinski definition) is 3. The highest BCUT2D eigenvalue weighted by Crippen LogP contribution is 2.14. The van der Waals surface area contributed by atoms with Gasteiger partial charge >= 0.3 is 0 Å². The number of aryl methyl sites for hydroxylation is 1. The van der Waals surface area contributed by atoms with E-state index in [1.54, 1.807) is 11.1 Å². The number of pyridine rings is 1. The van der Waals surface area contributed by atoms with E-state index in [1.165, 1.54) is 0 Å². The van der Waals surface area contributed by atoms with E-state index in [-0.39, 0.29) is 12.3 Å². The summed E-state index contributed by atoms with van der Waals surface area (Å²) in [6.45, 7) is 2.91. The summed E-state index contributed by atoms with van der Waals surface area (Å²) in [4.78, 5) is 17.2. The van der Waals surface area contributed by atoms with Gasteiger partial charge in [-0.2, -0.15) is 0 Å². The molecule has 0 saturated carbocycles. The molecule has 0 bridgehead atoms. The summed E-state index contributed by atoms with van der Waals surface area (Å²) >= 11 is 0. The van der Waals surface area contributed by atoms with Gasteiger partial charge in [0, 0.05) is 12.7 Å². The molecule has 2 rings (SSSR count). The van der Waals surface area contributed by atoms with Crippen molar-refractivity contribution in [3.63, 3.8) is 0 Å². The van der Waals surface area contributed by atoms with Crippen molar-refractivity contribution < 1.29 is 9.90 Å². The van der Waals surface area contributed by atoms with Crippen molar-refractivity contribution in [2.24, 2.45) is 0 Å². The van der Waals surface area contributed by atoms with Crippen LogP contribution in [0.3, 0.4) is 0 Å². The third-order valence-electron chi connectivity index (χ3n) is 2.52. The number of carbonyl (C=O) groups excluding carboxylic acids is 1. The third kappa shape index (κ3) is 2.33. The van der Waals surface area contributed by atoms with Gasteiger partial charge in [0.1, 0.15) is 0 Å². The zero-order valence-corrected chi connectivity index (χ0v) is 8.68. The molecule has 0 radical (unpaired) electrons. The van der Waals surface area contributed by atoms with E-state index in [4.69, 9.17) is 0 Å². The molecule has 1 aliphatic rings. The number of amides is 1. The standard InChI is InChI=1S/C11H14N2O2/c1-8-2-3-12-9(4-8)6-13-7-10(14)5-11(13)15/h2-4,10,14H,5-7H2,1H3. The van der Waals surface area contributed by atoms with Crippen molar-refractivity contribution in [3.05, 3.63) is 29.6 Å². The fraction of sp³-hybridized carbons (Fsp3) is 0.455. The van der Waals surface area contributed by atoms with Crippen LogP contribution in [0, 0.1) is 6.92 Å². The maximum absolute atomic E-state index is 11.4. The van der Waals surface area contributed by atoms with Crippen LogP contribution in [0.1, 0.15) is 17.7 Å². The Morgan fingerprint density at radius 1 is 1.67 bits per heavy atom. The van der Waals surface area contributed by atoms with Crippen molar-refractivity contribution in [2.75, 3.05) is 6.54 Å². The van der Waals surface area contributed by atoms with Crippen LogP contribution in [-0.4, -0.2) is 33.5 Å². The molecule has 0 aromatic carbocycles. The molecule has 1 aromatic rings. The van der Waals surface area contributed by atoms with Crippen molar-refractivity contribution in [3.8, 4) is 0 Å². The zero-order chi connectivity index (χ0) is 10.8. The van der Waals surface area contributed by atoms with Crippen LogP contribution in [0.2, 0.25) is 0 Å². The monoisotopic (exact) mass is 206 g/mol. The number of hydrogen-bond donors (Lipinski definition) is 1. The predicted molar refractivity (Wildman–Crippen MR) is 55.0 cm³/mol. The Morgan fingerprint density at radius 2 is 2.47 bits per heavy atom. The molecule has 1 amide bonds. The van der Waals surface area contributed by atoms with E-state index >= 15 is 0 Å². The second-order valence-corrected chi connectivity index (χ2v) is 3.96. The molecule has 1 fully saturated rings. The molecule has 0 spiro atoms. The summed E-state index contributed by atoms with van der Waals surface area (Å²) in [5.41, 5.74) is 2.00. The number of aliphatic hydroxyl groups is 1. The number of carbonyl (C=O) groups is 1. The molecule has 1 saturated heterocycles. The largest absolute Gasteiger partial charge is 0.391 e. The molecule has 15 heavy (non-hydrogen) atoms. The van der Waals surface area contributed by atoms with E-state index in [2.05, 4.69) is 4.98 Å². The Hall–Kier alpha value is -1.42. The Balaban J connectivity index is 2.06. The molecule has 4 nitrogen and oxygen atoms in total. The van der Waals surface area contributed by atoms with Gasteiger partial charge in [-0.25, -0.2) is 0 Å². The molecule has 1 atom stereocenters. The van der Waals surface area contributed by atoms with Gasteiger partial charge in [0.05, 0.1) is 24.8 Å². The minimum Gasteiger partial charge on any atom is -0.391 e. The van der Waals surface area contributed by atoms with Crippen molar-refractivity contribution >= 4 is 5.91 Å². The fourth-order valence-electron chi connectivity index (χ4n) is 1.78. The maximum Gasteiger partial charge on any atom is 0.225 e. The van der Waals surface area contributed by atoms with Gasteiger partial charge in [-0.1, -0.05) is 0 Å². The Morgan fingerprint density at radius 3 is 3.07 bits per heavy atom. The van der Waals surface area contributed by atoms with Crippen molar-refractivity contribution in [1.29, 1.82) is 0 Å². The van der Waals surface area contributed by atoms with E-state index < -0.39 is 6.10 Å². The topological polar surface area (TPSA) is 53.4 Å². The number of aromatic nitrogens is 1. The molecular weight excluding hydrogens is 192 g/mol. The van der Waals surface area contributed by atoms with Crippen molar-refractivity contribution in [1.82, 2.24) is 9.88 Å². The van der Waals surface area contributed by atoms with Crippen LogP contribution in [0.4, 0.5) is 0 Å². The van der Waals surface area contributed by atoms with E-state index in [1.807, 2.05) is 19.1 Å². The molecular formula is C11H14N2O2. The average molecular weight is 206 g/mol. The van der Waals surface area contributed by atoms with E-state index in [9.17, 15) is 9.90 Å². The van der Waals surface area contributed by atoms with Crippen LogP contribution < -0.4 is 0 Å². The minimum atomic E-state index is -0.512. The predicted octanol–water partition coefficient (Wildman–Crippen LogP) is 0.483. The molecule has 2 heterocycles. The van der Waals surface area contributed by atoms with Gasteiger partial charge in [0.25, 0.3) is 0 Å². The quantitative estimate of drug-likeness (QED) is 0.766. The first kappa shape index (κ1) is 10.1. The van der Waals surface area contributed by atoms with Crippen LogP contribution in [0.25, 0.3) is 0 Å². The maximum atomic E-state index is 11.4. The lowest BCUT2D eigenvalue weighted by Gasteiger charge is -2.14. The van der Waals surface area contributed by atoms with Gasteiger partial charge in [-0.05, 0) is 24.6 Å². The zero-order valence-electron chi connectivity index (χ0n) is 8.68. The summed E-state index contributed by atoms with van der Waals surface area (Å²) in [5, 5.41) is 9.32. The van der Waals surface area contributed by atoms with Crippen LogP contribution in [0.5, 0.6) is 0 Å². The average Bonchev–Trinajstić information content (AvgIpc) is 2.45. The van der Waals surface area contributed by atoms with Gasteiger partial charge in [0.2, 0.25) is 5.91 Å². The SMILES string of the molecule is Cc1ccnc(CN2CC(O)CC2=O)c1. The third-order valence-corrected chi connectivity index (χ3v) is 2.52. The second-order valence-electron chi connectivity index (χ2n) is 3.96. The van der Waals surface area contributed by atoms with E-state index in [0.29, 0.717) is 13.1 Å². The highest BCUT2D eigenvalue weighted by Gasteiger charge is 2.27. The Labute approximate surface area is 88.6 Å². The lowest BCUT2D eigenvalue weighted by molar-refractivity contribution is -0.128. The Kier molecular flexibility index (Phi) is 2.68. The normalized spacial score (nSPS) is 21.1. The van der Waals surface area contributed by atoms with Gasteiger partial charge in [-0.3, -0.25) is 9.78 Å². The number of rotatable bonds is 2. The number of aliphatic hydroxyl groups excluding tert-OH is 1. The molecule has 0 aliphatic carbocycles. The smallest absolute Gasteiger partial charge is 0.225 e. The molecule has 80 valence electrons. The van der Waals surface area contributed by atoms with Gasteiger partial charge < -0.3 is 10.0 Å². The first-order valence-electron chi connectivity index (χ1n) is 5.02.